The van der Waals surface area contributed by atoms with Crippen molar-refractivity contribution in [2.24, 2.45) is 0 Å². The van der Waals surface area contributed by atoms with Crippen LogP contribution >= 0.6 is 0 Å². The molecule has 0 atom stereocenters. The molecule has 2 amide bonds. The lowest BCUT2D eigenvalue weighted by Gasteiger charge is -2.17. The Morgan fingerprint density at radius 1 is 1.44 bits per heavy atom. The Bertz CT molecular complexity index is 452. The fourth-order valence-electron chi connectivity index (χ4n) is 1.24. The minimum absolute atomic E-state index is 0.00399. The van der Waals surface area contributed by atoms with Gasteiger partial charge < -0.3 is 15.3 Å². The van der Waals surface area contributed by atoms with Crippen LogP contribution in [0.4, 0.5) is 19.3 Å². The molecule has 2 N–H and O–H groups in total. The number of amides is 2. The van der Waals surface area contributed by atoms with Crippen molar-refractivity contribution in [3.63, 3.8) is 0 Å². The van der Waals surface area contributed by atoms with E-state index in [0.717, 1.165) is 4.90 Å². The van der Waals surface area contributed by atoms with Crippen molar-refractivity contribution in [2.45, 2.75) is 6.43 Å². The first-order valence-corrected chi connectivity index (χ1v) is 5.03. The Morgan fingerprint density at radius 3 is 2.67 bits per heavy atom. The van der Waals surface area contributed by atoms with Crippen LogP contribution in [0, 0.1) is 0 Å². The zero-order valence-corrected chi connectivity index (χ0v) is 9.56. The number of anilines is 1. The largest absolute Gasteiger partial charge is 0.478 e. The lowest BCUT2D eigenvalue weighted by Crippen LogP contribution is -2.34. The summed E-state index contributed by atoms with van der Waals surface area (Å²) in [7, 11) is 1.22. The molecule has 0 aliphatic rings. The molecule has 0 bridgehead atoms. The lowest BCUT2D eigenvalue weighted by molar-refractivity contribution is 0.0697. The van der Waals surface area contributed by atoms with Crippen molar-refractivity contribution in [3.8, 4) is 0 Å². The summed E-state index contributed by atoms with van der Waals surface area (Å²) in [6.45, 7) is -0.690. The number of hydrogen-bond donors (Lipinski definition) is 2. The standard InChI is InChI=1S/C11H12F2N2O3/c1-15(6-9(12)13)11(18)14-8-4-2-3-7(5-8)10(16)17/h2-5,9H,6H2,1H3,(H,14,18)(H,16,17). The van der Waals surface area contributed by atoms with E-state index in [1.54, 1.807) is 0 Å². The highest BCUT2D eigenvalue weighted by molar-refractivity contribution is 5.93. The monoisotopic (exact) mass is 258 g/mol. The number of benzene rings is 1. The maximum atomic E-state index is 12.1. The molecule has 98 valence electrons. The number of aromatic carboxylic acids is 1. The fourth-order valence-corrected chi connectivity index (χ4v) is 1.24. The summed E-state index contributed by atoms with van der Waals surface area (Å²) in [6, 6.07) is 4.81. The smallest absolute Gasteiger partial charge is 0.335 e. The Kier molecular flexibility index (Phi) is 4.59. The molecule has 0 saturated heterocycles. The number of carbonyl (C=O) groups is 2. The number of urea groups is 1. The number of nitrogens with one attached hydrogen (secondary N) is 1. The summed E-state index contributed by atoms with van der Waals surface area (Å²) in [5.41, 5.74) is 0.241. The number of rotatable bonds is 4. The van der Waals surface area contributed by atoms with Gasteiger partial charge in [0.05, 0.1) is 12.1 Å². The summed E-state index contributed by atoms with van der Waals surface area (Å²) in [5, 5.41) is 11.1. The molecule has 5 nitrogen and oxygen atoms in total. The highest BCUT2D eigenvalue weighted by Crippen LogP contribution is 2.11. The van der Waals surface area contributed by atoms with Crippen molar-refractivity contribution < 1.29 is 23.5 Å². The number of halogens is 2. The quantitative estimate of drug-likeness (QED) is 0.869. The van der Waals surface area contributed by atoms with Gasteiger partial charge in [-0.05, 0) is 18.2 Å². The second-order valence-electron chi connectivity index (χ2n) is 3.59. The van der Waals surface area contributed by atoms with E-state index < -0.39 is 25.0 Å². The average Bonchev–Trinajstić information content (AvgIpc) is 2.28. The molecule has 0 heterocycles. The van der Waals surface area contributed by atoms with Crippen LogP contribution in [0.15, 0.2) is 24.3 Å². The minimum Gasteiger partial charge on any atom is -0.478 e. The Balaban J connectivity index is 2.70. The van der Waals surface area contributed by atoms with E-state index in [-0.39, 0.29) is 11.3 Å². The Labute approximate surface area is 102 Å². The number of nitrogens with zero attached hydrogens (tertiary/aromatic N) is 1. The van der Waals surface area contributed by atoms with Gasteiger partial charge in [0.15, 0.2) is 0 Å². The molecule has 1 aromatic rings. The van der Waals surface area contributed by atoms with Crippen molar-refractivity contribution >= 4 is 17.7 Å². The van der Waals surface area contributed by atoms with E-state index in [4.69, 9.17) is 5.11 Å². The van der Waals surface area contributed by atoms with E-state index in [9.17, 15) is 18.4 Å². The predicted molar refractivity (Wildman–Crippen MR) is 61.1 cm³/mol. The second kappa shape index (κ2) is 5.95. The molecule has 0 aromatic heterocycles. The van der Waals surface area contributed by atoms with Crippen LogP contribution in [-0.4, -0.2) is 42.0 Å². The average molecular weight is 258 g/mol. The van der Waals surface area contributed by atoms with Gasteiger partial charge >= 0.3 is 12.0 Å². The van der Waals surface area contributed by atoms with Crippen molar-refractivity contribution in [2.75, 3.05) is 18.9 Å². The molecular formula is C11H12F2N2O3. The van der Waals surface area contributed by atoms with Gasteiger partial charge in [-0.1, -0.05) is 6.07 Å². The van der Waals surface area contributed by atoms with Crippen LogP contribution in [0.5, 0.6) is 0 Å². The predicted octanol–water partition coefficient (Wildman–Crippen LogP) is 2.11. The van der Waals surface area contributed by atoms with Gasteiger partial charge in [0.1, 0.15) is 0 Å². The maximum absolute atomic E-state index is 12.1. The topological polar surface area (TPSA) is 69.6 Å². The molecule has 0 fully saturated rings. The van der Waals surface area contributed by atoms with Crippen molar-refractivity contribution in [1.29, 1.82) is 0 Å². The molecule has 0 aliphatic heterocycles. The zero-order chi connectivity index (χ0) is 13.7. The van der Waals surface area contributed by atoms with Gasteiger partial charge in [0.25, 0.3) is 6.43 Å². The number of carboxylic acid groups (broad SMARTS) is 1. The SMILES string of the molecule is CN(CC(F)F)C(=O)Nc1cccc(C(=O)O)c1. The van der Waals surface area contributed by atoms with Crippen LogP contribution in [0.2, 0.25) is 0 Å². The van der Waals surface area contributed by atoms with Gasteiger partial charge in [-0.3, -0.25) is 0 Å². The molecule has 0 unspecified atom stereocenters. The van der Waals surface area contributed by atoms with Crippen LogP contribution in [0.3, 0.4) is 0 Å². The van der Waals surface area contributed by atoms with Crippen molar-refractivity contribution in [3.05, 3.63) is 29.8 Å². The van der Waals surface area contributed by atoms with Gasteiger partial charge in [-0.25, -0.2) is 18.4 Å². The first-order chi connectivity index (χ1) is 8.40. The third kappa shape index (κ3) is 4.00. The fraction of sp³-hybridized carbons (Fsp3) is 0.273. The first-order valence-electron chi connectivity index (χ1n) is 5.03. The molecule has 1 rings (SSSR count). The lowest BCUT2D eigenvalue weighted by atomic mass is 10.2. The Morgan fingerprint density at radius 2 is 2.11 bits per heavy atom. The third-order valence-electron chi connectivity index (χ3n) is 2.12. The normalized spacial score (nSPS) is 10.2. The summed E-state index contributed by atoms with van der Waals surface area (Å²) < 4.78 is 24.1. The van der Waals surface area contributed by atoms with Gasteiger partial charge in [0.2, 0.25) is 0 Å². The number of carboxylic acids is 1. The van der Waals surface area contributed by atoms with Crippen molar-refractivity contribution in [1.82, 2.24) is 4.90 Å². The Hall–Kier alpha value is -2.18. The number of carbonyl (C=O) groups excluding carboxylic acids is 1. The summed E-state index contributed by atoms with van der Waals surface area (Å²) in [6.07, 6.45) is -2.62. The summed E-state index contributed by atoms with van der Waals surface area (Å²) >= 11 is 0. The maximum Gasteiger partial charge on any atom is 0.335 e. The molecular weight excluding hydrogens is 246 g/mol. The molecule has 1 aromatic carbocycles. The van der Waals surface area contributed by atoms with Gasteiger partial charge in [-0.15, -0.1) is 0 Å². The van der Waals surface area contributed by atoms with E-state index >= 15 is 0 Å². The van der Waals surface area contributed by atoms with Gasteiger partial charge in [-0.2, -0.15) is 0 Å². The van der Waals surface area contributed by atoms with Crippen LogP contribution in [-0.2, 0) is 0 Å². The highest BCUT2D eigenvalue weighted by atomic mass is 19.3. The summed E-state index contributed by atoms with van der Waals surface area (Å²) in [5.74, 6) is -1.13. The molecule has 0 aliphatic carbocycles. The van der Waals surface area contributed by atoms with Crippen LogP contribution in [0.25, 0.3) is 0 Å². The highest BCUT2D eigenvalue weighted by Gasteiger charge is 2.14. The molecule has 0 saturated carbocycles. The van der Waals surface area contributed by atoms with E-state index in [1.165, 1.54) is 31.3 Å². The van der Waals surface area contributed by atoms with Gasteiger partial charge in [0, 0.05) is 12.7 Å². The summed E-state index contributed by atoms with van der Waals surface area (Å²) in [4.78, 5) is 23.0. The molecule has 0 spiro atoms. The van der Waals surface area contributed by atoms with E-state index in [2.05, 4.69) is 5.32 Å². The molecule has 0 radical (unpaired) electrons. The number of alkyl halides is 2. The molecule has 18 heavy (non-hydrogen) atoms. The van der Waals surface area contributed by atoms with E-state index in [1.807, 2.05) is 0 Å². The zero-order valence-electron chi connectivity index (χ0n) is 9.56. The minimum atomic E-state index is -2.62. The first kappa shape index (κ1) is 13.9. The third-order valence-corrected chi connectivity index (χ3v) is 2.12. The number of hydrogen-bond acceptors (Lipinski definition) is 2. The van der Waals surface area contributed by atoms with Crippen LogP contribution in [0.1, 0.15) is 10.4 Å². The van der Waals surface area contributed by atoms with E-state index in [0.29, 0.717) is 0 Å². The molecule has 7 heteroatoms. The van der Waals surface area contributed by atoms with Crippen LogP contribution < -0.4 is 5.32 Å². The second-order valence-corrected chi connectivity index (χ2v) is 3.59.